The molecule has 0 spiro atoms. The summed E-state index contributed by atoms with van der Waals surface area (Å²) < 4.78 is 0. The van der Waals surface area contributed by atoms with Crippen LogP contribution in [0, 0.1) is 0 Å². The van der Waals surface area contributed by atoms with Crippen LogP contribution < -0.4 is 27.0 Å². The van der Waals surface area contributed by atoms with Crippen LogP contribution >= 0.6 is 0 Å². The molecule has 252 valence electrons. The van der Waals surface area contributed by atoms with Gasteiger partial charge >= 0.3 is 5.97 Å². The highest BCUT2D eigenvalue weighted by Crippen LogP contribution is 2.26. The molecular weight excluding hydrogens is 626 g/mol. The summed E-state index contributed by atoms with van der Waals surface area (Å²) in [4.78, 5) is 71.7. The number of carbonyl (C=O) groups excluding carboxylic acids is 4. The number of carbonyl (C=O) groups is 5. The average molecular weight is 664 g/mol. The minimum Gasteiger partial charge on any atom is -0.480 e. The van der Waals surface area contributed by atoms with Gasteiger partial charge in [0.05, 0.1) is 12.5 Å². The molecule has 0 fully saturated rings. The molecule has 13 nitrogen and oxygen atoms in total. The first kappa shape index (κ1) is 33.0. The standard InChI is InChI=1S/C36H37N7O6/c37-32(44)17-29(42-33(45)27-16-24-23-11-5-7-13-26(23)40-31(24)19-39-27)35(47)41-28(14-20-8-2-1-3-9-20)34(46)43-30(36(48)49)15-21-18-38-25-12-6-4-10-22(21)25/h1-13,18,27-30,38-40H,14-17,19H2,(H2,37,44)(H,41,47)(H,42,45)(H,43,46)(H,48,49)/t27-,28-,29-,30-/m0/s1. The van der Waals surface area contributed by atoms with Crippen molar-refractivity contribution in [1.82, 2.24) is 31.2 Å². The Hall–Kier alpha value is -5.95. The van der Waals surface area contributed by atoms with Crippen molar-refractivity contribution >= 4 is 51.4 Å². The maximum Gasteiger partial charge on any atom is 0.326 e. The molecule has 0 saturated carbocycles. The number of benzene rings is 3. The molecule has 0 bridgehead atoms. The van der Waals surface area contributed by atoms with E-state index in [1.807, 2.05) is 48.5 Å². The summed E-state index contributed by atoms with van der Waals surface area (Å²) >= 11 is 0. The minimum absolute atomic E-state index is 0.00994. The number of nitrogens with two attached hydrogens (primary N) is 1. The minimum atomic E-state index is -1.39. The Morgan fingerprint density at radius 2 is 1.43 bits per heavy atom. The number of hydrogen-bond donors (Lipinski definition) is 8. The number of nitrogens with one attached hydrogen (secondary N) is 6. The summed E-state index contributed by atoms with van der Waals surface area (Å²) in [5.41, 5.74) is 10.6. The van der Waals surface area contributed by atoms with E-state index in [1.165, 1.54) is 0 Å². The lowest BCUT2D eigenvalue weighted by Gasteiger charge is -2.27. The third kappa shape index (κ3) is 7.63. The lowest BCUT2D eigenvalue weighted by molar-refractivity contribution is -0.142. The Morgan fingerprint density at radius 1 is 0.776 bits per heavy atom. The molecule has 3 heterocycles. The summed E-state index contributed by atoms with van der Waals surface area (Å²) in [6.07, 6.45) is 1.54. The van der Waals surface area contributed by atoms with Gasteiger partial charge in [0.25, 0.3) is 0 Å². The van der Waals surface area contributed by atoms with Gasteiger partial charge < -0.3 is 36.8 Å². The second-order valence-corrected chi connectivity index (χ2v) is 12.2. The predicted molar refractivity (Wildman–Crippen MR) is 182 cm³/mol. The number of hydrogen-bond acceptors (Lipinski definition) is 6. The second-order valence-electron chi connectivity index (χ2n) is 12.2. The van der Waals surface area contributed by atoms with Gasteiger partial charge in [-0.25, -0.2) is 4.79 Å². The number of carboxylic acids is 1. The molecule has 49 heavy (non-hydrogen) atoms. The Bertz CT molecular complexity index is 2020. The molecule has 1 aliphatic heterocycles. The van der Waals surface area contributed by atoms with Crippen molar-refractivity contribution in [2.45, 2.75) is 56.4 Å². The molecule has 5 aromatic rings. The van der Waals surface area contributed by atoms with Crippen molar-refractivity contribution in [3.63, 3.8) is 0 Å². The molecule has 1 aliphatic rings. The monoisotopic (exact) mass is 663 g/mol. The van der Waals surface area contributed by atoms with E-state index >= 15 is 0 Å². The smallest absolute Gasteiger partial charge is 0.326 e. The summed E-state index contributed by atoms with van der Waals surface area (Å²) in [7, 11) is 0. The van der Waals surface area contributed by atoms with E-state index in [9.17, 15) is 29.1 Å². The number of amides is 4. The number of para-hydroxylation sites is 2. The highest BCUT2D eigenvalue weighted by atomic mass is 16.4. The molecule has 2 aromatic heterocycles. The van der Waals surface area contributed by atoms with E-state index in [1.54, 1.807) is 36.5 Å². The van der Waals surface area contributed by atoms with E-state index in [0.29, 0.717) is 24.1 Å². The lowest BCUT2D eigenvalue weighted by Crippen LogP contribution is -2.59. The van der Waals surface area contributed by atoms with Crippen molar-refractivity contribution in [2.24, 2.45) is 5.73 Å². The molecule has 4 atom stereocenters. The van der Waals surface area contributed by atoms with Gasteiger partial charge in [-0.05, 0) is 35.2 Å². The third-order valence-corrected chi connectivity index (χ3v) is 8.82. The summed E-state index contributed by atoms with van der Waals surface area (Å²) in [5, 5.41) is 22.9. The maximum absolute atomic E-state index is 13.7. The number of fused-ring (bicyclic) bond motifs is 4. The Labute approximate surface area is 281 Å². The quantitative estimate of drug-likeness (QED) is 0.0931. The third-order valence-electron chi connectivity index (χ3n) is 8.82. The van der Waals surface area contributed by atoms with Gasteiger partial charge in [-0.2, -0.15) is 0 Å². The first-order valence-corrected chi connectivity index (χ1v) is 16.0. The van der Waals surface area contributed by atoms with Crippen LogP contribution in [0.25, 0.3) is 21.8 Å². The zero-order valence-corrected chi connectivity index (χ0v) is 26.5. The van der Waals surface area contributed by atoms with Crippen molar-refractivity contribution < 1.29 is 29.1 Å². The summed E-state index contributed by atoms with van der Waals surface area (Å²) in [6, 6.07) is 19.4. The lowest BCUT2D eigenvalue weighted by atomic mass is 9.97. The van der Waals surface area contributed by atoms with Crippen molar-refractivity contribution in [3.05, 3.63) is 107 Å². The number of rotatable bonds is 13. The molecule has 4 amide bonds. The first-order chi connectivity index (χ1) is 23.7. The van der Waals surface area contributed by atoms with Crippen molar-refractivity contribution in [1.29, 1.82) is 0 Å². The zero-order chi connectivity index (χ0) is 34.5. The van der Waals surface area contributed by atoms with Crippen molar-refractivity contribution in [2.75, 3.05) is 0 Å². The largest absolute Gasteiger partial charge is 0.480 e. The van der Waals surface area contributed by atoms with E-state index in [2.05, 4.69) is 31.2 Å². The average Bonchev–Trinajstić information content (AvgIpc) is 3.68. The Morgan fingerprint density at radius 3 is 2.16 bits per heavy atom. The number of H-pyrrole nitrogens is 2. The highest BCUT2D eigenvalue weighted by Gasteiger charge is 2.33. The fraction of sp³-hybridized carbons (Fsp3) is 0.250. The van der Waals surface area contributed by atoms with Crippen LogP contribution in [-0.4, -0.2) is 68.8 Å². The fourth-order valence-corrected chi connectivity index (χ4v) is 6.33. The molecule has 0 saturated heterocycles. The second kappa shape index (κ2) is 14.4. The zero-order valence-electron chi connectivity index (χ0n) is 26.5. The normalized spacial score (nSPS) is 15.9. The maximum atomic E-state index is 13.7. The molecule has 0 radical (unpaired) electrons. The van der Waals surface area contributed by atoms with E-state index < -0.39 is 60.2 Å². The van der Waals surface area contributed by atoms with Crippen LogP contribution in [0.15, 0.2) is 85.1 Å². The van der Waals surface area contributed by atoms with Crippen LogP contribution in [-0.2, 0) is 49.8 Å². The van der Waals surface area contributed by atoms with Gasteiger partial charge in [0.15, 0.2) is 0 Å². The van der Waals surface area contributed by atoms with Gasteiger partial charge in [-0.3, -0.25) is 24.5 Å². The summed E-state index contributed by atoms with van der Waals surface area (Å²) in [5.74, 6) is -4.14. The fourth-order valence-electron chi connectivity index (χ4n) is 6.33. The summed E-state index contributed by atoms with van der Waals surface area (Å²) in [6.45, 7) is 0.400. The van der Waals surface area contributed by atoms with Crippen LogP contribution in [0.1, 0.15) is 28.8 Å². The first-order valence-electron chi connectivity index (χ1n) is 16.0. The Balaban J connectivity index is 1.18. The SMILES string of the molecule is NC(=O)C[C@H](NC(=O)[C@@H]1Cc2c([nH]c3ccccc23)CN1)C(=O)N[C@@H](Cc1ccccc1)C(=O)N[C@@H](Cc1c[nH]c2ccccc12)C(=O)O. The molecule has 0 aliphatic carbocycles. The number of aromatic amines is 2. The van der Waals surface area contributed by atoms with Gasteiger partial charge in [-0.1, -0.05) is 66.7 Å². The van der Waals surface area contributed by atoms with E-state index in [4.69, 9.17) is 5.73 Å². The molecular formula is C36H37N7O6. The van der Waals surface area contributed by atoms with Crippen molar-refractivity contribution in [3.8, 4) is 0 Å². The molecule has 9 N–H and O–H groups in total. The highest BCUT2D eigenvalue weighted by molar-refractivity contribution is 5.97. The van der Waals surface area contributed by atoms with E-state index in [0.717, 1.165) is 33.1 Å². The number of aliphatic carboxylic acids is 1. The van der Waals surface area contributed by atoms with Crippen LogP contribution in [0.5, 0.6) is 0 Å². The van der Waals surface area contributed by atoms with Crippen LogP contribution in [0.4, 0.5) is 0 Å². The predicted octanol–water partition coefficient (Wildman–Crippen LogP) is 1.56. The van der Waals surface area contributed by atoms with Crippen LogP contribution in [0.3, 0.4) is 0 Å². The van der Waals surface area contributed by atoms with Gasteiger partial charge in [0.1, 0.15) is 18.1 Å². The van der Waals surface area contributed by atoms with Gasteiger partial charge in [-0.15, -0.1) is 0 Å². The van der Waals surface area contributed by atoms with E-state index in [-0.39, 0.29) is 12.8 Å². The van der Waals surface area contributed by atoms with Gasteiger partial charge in [0, 0.05) is 53.1 Å². The van der Waals surface area contributed by atoms with Crippen LogP contribution in [0.2, 0.25) is 0 Å². The topological polar surface area (TPSA) is 211 Å². The number of primary amides is 1. The molecule has 13 heteroatoms. The molecule has 6 rings (SSSR count). The number of carboxylic acid groups (broad SMARTS) is 1. The Kier molecular flexibility index (Phi) is 9.72. The molecule has 0 unspecified atom stereocenters. The van der Waals surface area contributed by atoms with Gasteiger partial charge in [0.2, 0.25) is 23.6 Å². The number of aromatic nitrogens is 2. The molecule has 3 aromatic carbocycles.